The molecule has 0 aromatic rings. The molecule has 0 radical (unpaired) electrons. The molecule has 12 heavy (non-hydrogen) atoms. The highest BCUT2D eigenvalue weighted by Crippen LogP contribution is 2.23. The Morgan fingerprint density at radius 2 is 1.42 bits per heavy atom. The summed E-state index contributed by atoms with van der Waals surface area (Å²) in [5.74, 6) is 0. The van der Waals surface area contributed by atoms with E-state index in [1.165, 1.54) is 0 Å². The van der Waals surface area contributed by atoms with Gasteiger partial charge in [0.1, 0.15) is 0 Å². The molecule has 0 aromatic carbocycles. The minimum Gasteiger partial charge on any atom is -0.284 e. The van der Waals surface area contributed by atoms with E-state index >= 15 is 0 Å². The Morgan fingerprint density at radius 1 is 1.17 bits per heavy atom. The second-order valence-electron chi connectivity index (χ2n) is 2.17. The van der Waals surface area contributed by atoms with Crippen molar-refractivity contribution in [2.45, 2.75) is 11.0 Å². The summed E-state index contributed by atoms with van der Waals surface area (Å²) in [4.78, 5) is 0. The average molecular weight is 216 g/mol. The predicted molar refractivity (Wildman–Crippen MR) is 41.7 cm³/mol. The smallest absolute Gasteiger partial charge is 0.284 e. The fourth-order valence-electron chi connectivity index (χ4n) is 0.344. The van der Waals surface area contributed by atoms with Gasteiger partial charge in [-0.1, -0.05) is 6.08 Å². The highest BCUT2D eigenvalue weighted by molar-refractivity contribution is 8.05. The quantitative estimate of drug-likeness (QED) is 0.493. The van der Waals surface area contributed by atoms with Crippen LogP contribution in [0.4, 0.5) is 0 Å². The van der Waals surface area contributed by atoms with Crippen molar-refractivity contribution in [3.63, 3.8) is 0 Å². The lowest BCUT2D eigenvalue weighted by molar-refractivity contribution is 0.443. The molecule has 0 aliphatic heterocycles. The Balaban J connectivity index is 5.75. The summed E-state index contributed by atoms with van der Waals surface area (Å²) in [6.07, 6.45) is 0.428. The largest absolute Gasteiger partial charge is 0.291 e. The lowest BCUT2D eigenvalue weighted by atomic mass is 10.5. The first-order valence-electron chi connectivity index (χ1n) is 2.64. The summed E-state index contributed by atoms with van der Waals surface area (Å²) >= 11 is 0. The topological polar surface area (TPSA) is 109 Å². The molecule has 0 aliphatic rings. The summed E-state index contributed by atoms with van der Waals surface area (Å²) in [5.41, 5.74) is 0. The van der Waals surface area contributed by atoms with E-state index in [0.29, 0.717) is 13.0 Å². The van der Waals surface area contributed by atoms with Crippen LogP contribution in [0.15, 0.2) is 12.7 Å². The summed E-state index contributed by atoms with van der Waals surface area (Å²) < 4.78 is 56.0. The predicted octanol–water partition coefficient (Wildman–Crippen LogP) is -0.336. The van der Waals surface area contributed by atoms with Crippen LogP contribution >= 0.6 is 0 Å². The fraction of sp³-hybridized carbons (Fsp3) is 0.500. The van der Waals surface area contributed by atoms with Crippen LogP contribution in [0.2, 0.25) is 0 Å². The molecular weight excluding hydrogens is 208 g/mol. The number of rotatable bonds is 3. The van der Waals surface area contributed by atoms with Crippen molar-refractivity contribution in [1.29, 1.82) is 0 Å². The summed E-state index contributed by atoms with van der Waals surface area (Å²) in [6.45, 7) is 3.50. The van der Waals surface area contributed by atoms with E-state index in [2.05, 4.69) is 6.58 Å². The Hall–Kier alpha value is -0.440. The minimum absolute atomic E-state index is 0.428. The van der Waals surface area contributed by atoms with E-state index in [4.69, 9.17) is 9.11 Å². The number of hydrogen-bond donors (Lipinski definition) is 2. The maximum Gasteiger partial charge on any atom is 0.291 e. The molecule has 0 saturated carbocycles. The van der Waals surface area contributed by atoms with Gasteiger partial charge in [-0.05, 0) is 6.92 Å². The third-order valence-corrected chi connectivity index (χ3v) is 5.04. The highest BCUT2D eigenvalue weighted by Gasteiger charge is 2.47. The third-order valence-electron chi connectivity index (χ3n) is 1.40. The number of hydrogen-bond acceptors (Lipinski definition) is 4. The van der Waals surface area contributed by atoms with Gasteiger partial charge in [-0.25, -0.2) is 0 Å². The molecule has 0 saturated heterocycles. The minimum atomic E-state index is -4.93. The molecule has 6 nitrogen and oxygen atoms in total. The van der Waals surface area contributed by atoms with Crippen LogP contribution in [0.5, 0.6) is 0 Å². The zero-order valence-corrected chi connectivity index (χ0v) is 7.76. The fourth-order valence-corrected chi connectivity index (χ4v) is 1.83. The van der Waals surface area contributed by atoms with Gasteiger partial charge in [-0.15, -0.1) is 6.58 Å². The molecule has 8 heteroatoms. The van der Waals surface area contributed by atoms with E-state index in [0.717, 1.165) is 0 Å². The maximum absolute atomic E-state index is 10.5. The first kappa shape index (κ1) is 11.6. The van der Waals surface area contributed by atoms with Crippen molar-refractivity contribution in [2.75, 3.05) is 0 Å². The van der Waals surface area contributed by atoms with Crippen molar-refractivity contribution < 1.29 is 25.9 Å². The molecule has 0 aromatic heterocycles. The van der Waals surface area contributed by atoms with E-state index in [1.54, 1.807) is 0 Å². The van der Waals surface area contributed by atoms with E-state index in [1.807, 2.05) is 0 Å². The summed E-state index contributed by atoms with van der Waals surface area (Å²) in [5, 5.41) is 0. The van der Waals surface area contributed by atoms with Crippen LogP contribution in [-0.4, -0.2) is 30.0 Å². The van der Waals surface area contributed by atoms with Crippen molar-refractivity contribution in [3.8, 4) is 0 Å². The van der Waals surface area contributed by atoms with Crippen molar-refractivity contribution in [3.05, 3.63) is 12.7 Å². The standard InChI is InChI=1S/C4H8O6S2/c1-3-4(2,11(5,6)7)12(8,9)10/h3H,1H2,2H3,(H,5,6,7)(H,8,9,10). The zero-order valence-electron chi connectivity index (χ0n) is 6.13. The van der Waals surface area contributed by atoms with Gasteiger partial charge in [0.05, 0.1) is 0 Å². The van der Waals surface area contributed by atoms with Gasteiger partial charge in [0.2, 0.25) is 4.08 Å². The molecule has 0 atom stereocenters. The normalized spacial score (nSPS) is 14.2. The molecule has 0 heterocycles. The van der Waals surface area contributed by atoms with Gasteiger partial charge < -0.3 is 0 Å². The molecule has 0 bridgehead atoms. The Labute approximate surface area is 70.4 Å². The van der Waals surface area contributed by atoms with Gasteiger partial charge >= 0.3 is 0 Å². The van der Waals surface area contributed by atoms with Gasteiger partial charge in [0.25, 0.3) is 20.2 Å². The van der Waals surface area contributed by atoms with Crippen molar-refractivity contribution in [1.82, 2.24) is 0 Å². The van der Waals surface area contributed by atoms with Crippen LogP contribution in [0.1, 0.15) is 6.92 Å². The molecular formula is C4H8O6S2. The van der Waals surface area contributed by atoms with E-state index < -0.39 is 24.3 Å². The van der Waals surface area contributed by atoms with Crippen LogP contribution in [0, 0.1) is 0 Å². The van der Waals surface area contributed by atoms with Gasteiger partial charge in [-0.2, -0.15) is 16.8 Å². The van der Waals surface area contributed by atoms with E-state index in [-0.39, 0.29) is 0 Å². The molecule has 0 fully saturated rings. The Kier molecular flexibility index (Phi) is 2.70. The van der Waals surface area contributed by atoms with E-state index in [9.17, 15) is 16.8 Å². The van der Waals surface area contributed by atoms with Gasteiger partial charge in [0.15, 0.2) is 0 Å². The third kappa shape index (κ3) is 1.66. The van der Waals surface area contributed by atoms with Crippen LogP contribution < -0.4 is 0 Å². The lowest BCUT2D eigenvalue weighted by Crippen LogP contribution is -2.40. The molecule has 0 amide bonds. The van der Waals surface area contributed by atoms with Crippen LogP contribution in [-0.2, 0) is 20.2 Å². The van der Waals surface area contributed by atoms with Crippen molar-refractivity contribution >= 4 is 20.2 Å². The van der Waals surface area contributed by atoms with Gasteiger partial charge in [0, 0.05) is 0 Å². The molecule has 0 rings (SSSR count). The zero-order chi connectivity index (χ0) is 10.2. The second kappa shape index (κ2) is 2.80. The lowest BCUT2D eigenvalue weighted by Gasteiger charge is -2.17. The SMILES string of the molecule is C=CC(C)(S(=O)(=O)O)S(=O)(=O)O. The molecule has 2 N–H and O–H groups in total. The maximum atomic E-state index is 10.5. The van der Waals surface area contributed by atoms with Crippen molar-refractivity contribution in [2.24, 2.45) is 0 Å². The van der Waals surface area contributed by atoms with Crippen LogP contribution in [0.25, 0.3) is 0 Å². The molecule has 0 unspecified atom stereocenters. The molecule has 0 aliphatic carbocycles. The summed E-state index contributed by atoms with van der Waals surface area (Å²) in [6, 6.07) is 0. The first-order valence-corrected chi connectivity index (χ1v) is 5.52. The molecule has 0 spiro atoms. The molecule has 72 valence electrons. The second-order valence-corrected chi connectivity index (χ2v) is 6.03. The summed E-state index contributed by atoms with van der Waals surface area (Å²) in [7, 11) is -9.86. The highest BCUT2D eigenvalue weighted by atomic mass is 32.3. The Morgan fingerprint density at radius 3 is 1.42 bits per heavy atom. The van der Waals surface area contributed by atoms with Gasteiger partial charge in [-0.3, -0.25) is 9.11 Å². The first-order chi connectivity index (χ1) is 5.06. The monoisotopic (exact) mass is 216 g/mol. The van der Waals surface area contributed by atoms with Crippen LogP contribution in [0.3, 0.4) is 0 Å². The Bertz CT molecular complexity index is 342. The average Bonchev–Trinajstić information content (AvgIpc) is 1.81.